The number of aromatic nitrogens is 1. The Kier molecular flexibility index (Phi) is 2.06. The minimum Gasteiger partial charge on any atom is -0.254 e. The van der Waals surface area contributed by atoms with Crippen LogP contribution in [-0.2, 0) is 0 Å². The maximum atomic E-state index is 13.2. The average Bonchev–Trinajstić information content (AvgIpc) is 2.87. The molecule has 13 heavy (non-hydrogen) atoms. The van der Waals surface area contributed by atoms with E-state index in [4.69, 9.17) is 0 Å². The molecule has 1 aliphatic rings. The summed E-state index contributed by atoms with van der Waals surface area (Å²) in [6, 6.07) is 3.37. The largest absolute Gasteiger partial charge is 0.254 e. The molecule has 70 valence electrons. The molecule has 0 unspecified atom stereocenters. The molecule has 0 spiro atoms. The van der Waals surface area contributed by atoms with Gasteiger partial charge >= 0.3 is 0 Å². The molecule has 0 saturated heterocycles. The maximum Gasteiger partial charge on any atom is 0.144 e. The summed E-state index contributed by atoms with van der Waals surface area (Å²) >= 11 is 0. The number of rotatable bonds is 2. The second-order valence-corrected chi connectivity index (χ2v) is 4.03. The Balaban J connectivity index is 2.36. The van der Waals surface area contributed by atoms with E-state index in [0.717, 1.165) is 5.69 Å². The Morgan fingerprint density at radius 3 is 2.62 bits per heavy atom. The maximum absolute atomic E-state index is 13.2. The van der Waals surface area contributed by atoms with Gasteiger partial charge in [-0.15, -0.1) is 0 Å². The molecule has 1 aliphatic carbocycles. The molecule has 2 heteroatoms. The van der Waals surface area contributed by atoms with Gasteiger partial charge in [0, 0.05) is 11.6 Å². The Morgan fingerprint density at radius 1 is 1.38 bits per heavy atom. The summed E-state index contributed by atoms with van der Waals surface area (Å²) in [6.07, 6.45) is 2.44. The number of halogens is 1. The summed E-state index contributed by atoms with van der Waals surface area (Å²) in [5.74, 6) is 0.621. The summed E-state index contributed by atoms with van der Waals surface area (Å²) in [6.45, 7) is 3.95. The van der Waals surface area contributed by atoms with Crippen LogP contribution in [0.2, 0.25) is 0 Å². The van der Waals surface area contributed by atoms with E-state index in [2.05, 4.69) is 4.98 Å². The van der Waals surface area contributed by atoms with E-state index >= 15 is 0 Å². The van der Waals surface area contributed by atoms with Crippen LogP contribution in [0, 0.1) is 5.82 Å². The zero-order valence-electron chi connectivity index (χ0n) is 8.05. The molecule has 0 bridgehead atoms. The van der Waals surface area contributed by atoms with Gasteiger partial charge in [-0.25, -0.2) is 4.39 Å². The molecule has 0 radical (unpaired) electrons. The van der Waals surface area contributed by atoms with Crippen LogP contribution >= 0.6 is 0 Å². The van der Waals surface area contributed by atoms with Crippen molar-refractivity contribution < 1.29 is 4.39 Å². The lowest BCUT2D eigenvalue weighted by molar-refractivity contribution is 0.581. The molecule has 1 fully saturated rings. The molecule has 1 nitrogen and oxygen atoms in total. The van der Waals surface area contributed by atoms with Gasteiger partial charge in [0.1, 0.15) is 5.82 Å². The van der Waals surface area contributed by atoms with Gasteiger partial charge in [0.2, 0.25) is 0 Å². The van der Waals surface area contributed by atoms with Crippen molar-refractivity contribution in [3.63, 3.8) is 0 Å². The van der Waals surface area contributed by atoms with Crippen molar-refractivity contribution in [1.82, 2.24) is 4.98 Å². The molecule has 1 heterocycles. The highest BCUT2D eigenvalue weighted by atomic mass is 19.1. The lowest BCUT2D eigenvalue weighted by Gasteiger charge is -2.07. The third-order valence-corrected chi connectivity index (χ3v) is 2.44. The normalized spacial score (nSPS) is 16.6. The molecule has 0 atom stereocenters. The number of pyridine rings is 1. The average molecular weight is 179 g/mol. The van der Waals surface area contributed by atoms with Crippen molar-refractivity contribution in [2.45, 2.75) is 38.5 Å². The fraction of sp³-hybridized carbons (Fsp3) is 0.545. The molecule has 0 amide bonds. The molecular formula is C11H14FN. The molecule has 0 aliphatic heterocycles. The highest BCUT2D eigenvalue weighted by molar-refractivity contribution is 5.21. The topological polar surface area (TPSA) is 12.9 Å². The first kappa shape index (κ1) is 8.67. The first-order valence-corrected chi connectivity index (χ1v) is 4.85. The summed E-state index contributed by atoms with van der Waals surface area (Å²) in [5, 5.41) is 0. The van der Waals surface area contributed by atoms with E-state index < -0.39 is 0 Å². The van der Waals surface area contributed by atoms with E-state index in [1.807, 2.05) is 19.9 Å². The first-order valence-electron chi connectivity index (χ1n) is 4.85. The van der Waals surface area contributed by atoms with Crippen LogP contribution in [0.5, 0.6) is 0 Å². The molecule has 0 N–H and O–H groups in total. The highest BCUT2D eigenvalue weighted by Crippen LogP contribution is 2.39. The standard InChI is InChI=1S/C11H14FN/c1-7(2)11-9(12)5-6-10(13-11)8-3-4-8/h5-8H,3-4H2,1-2H3. The number of hydrogen-bond donors (Lipinski definition) is 0. The van der Waals surface area contributed by atoms with Crippen molar-refractivity contribution in [2.75, 3.05) is 0 Å². The summed E-state index contributed by atoms with van der Waals surface area (Å²) in [4.78, 5) is 4.36. The smallest absolute Gasteiger partial charge is 0.144 e. The van der Waals surface area contributed by atoms with Crippen molar-refractivity contribution in [3.8, 4) is 0 Å². The molecule has 2 rings (SSSR count). The zero-order valence-corrected chi connectivity index (χ0v) is 8.05. The third kappa shape index (κ3) is 1.71. The minimum atomic E-state index is -0.167. The molecule has 1 aromatic heterocycles. The molecule has 0 aromatic carbocycles. The lowest BCUT2D eigenvalue weighted by Crippen LogP contribution is -2.00. The predicted octanol–water partition coefficient (Wildman–Crippen LogP) is 3.22. The van der Waals surface area contributed by atoms with Crippen molar-refractivity contribution in [2.24, 2.45) is 0 Å². The first-order chi connectivity index (χ1) is 6.18. The van der Waals surface area contributed by atoms with Gasteiger partial charge in [-0.1, -0.05) is 13.8 Å². The van der Waals surface area contributed by atoms with E-state index in [-0.39, 0.29) is 11.7 Å². The van der Waals surface area contributed by atoms with Crippen LogP contribution in [0.25, 0.3) is 0 Å². The second-order valence-electron chi connectivity index (χ2n) is 4.03. The molecular weight excluding hydrogens is 165 g/mol. The van der Waals surface area contributed by atoms with Gasteiger partial charge < -0.3 is 0 Å². The van der Waals surface area contributed by atoms with Crippen molar-refractivity contribution in [1.29, 1.82) is 0 Å². The fourth-order valence-corrected chi connectivity index (χ4v) is 1.49. The molecule has 1 saturated carbocycles. The van der Waals surface area contributed by atoms with Gasteiger partial charge in [-0.3, -0.25) is 4.98 Å². The summed E-state index contributed by atoms with van der Waals surface area (Å²) in [7, 11) is 0. The van der Waals surface area contributed by atoms with E-state index in [0.29, 0.717) is 11.6 Å². The van der Waals surface area contributed by atoms with E-state index in [1.54, 1.807) is 6.07 Å². The van der Waals surface area contributed by atoms with E-state index in [1.165, 1.54) is 12.8 Å². The Morgan fingerprint density at radius 2 is 2.08 bits per heavy atom. The second kappa shape index (κ2) is 3.09. The predicted molar refractivity (Wildman–Crippen MR) is 50.3 cm³/mol. The zero-order chi connectivity index (χ0) is 9.42. The quantitative estimate of drug-likeness (QED) is 0.679. The Bertz CT molecular complexity index is 316. The van der Waals surface area contributed by atoms with Crippen LogP contribution in [0.3, 0.4) is 0 Å². The van der Waals surface area contributed by atoms with E-state index in [9.17, 15) is 4.39 Å². The van der Waals surface area contributed by atoms with Crippen LogP contribution in [0.4, 0.5) is 4.39 Å². The van der Waals surface area contributed by atoms with Gasteiger partial charge in [-0.2, -0.15) is 0 Å². The van der Waals surface area contributed by atoms with Gasteiger partial charge in [0.05, 0.1) is 5.69 Å². The Hall–Kier alpha value is -0.920. The van der Waals surface area contributed by atoms with Gasteiger partial charge in [0.25, 0.3) is 0 Å². The van der Waals surface area contributed by atoms with Crippen LogP contribution in [-0.4, -0.2) is 4.98 Å². The monoisotopic (exact) mass is 179 g/mol. The number of nitrogens with zero attached hydrogens (tertiary/aromatic N) is 1. The number of hydrogen-bond acceptors (Lipinski definition) is 1. The summed E-state index contributed by atoms with van der Waals surface area (Å²) < 4.78 is 13.2. The van der Waals surface area contributed by atoms with Gasteiger partial charge in [-0.05, 0) is 30.9 Å². The SMILES string of the molecule is CC(C)c1nc(C2CC2)ccc1F. The molecule has 1 aromatic rings. The van der Waals surface area contributed by atoms with Gasteiger partial charge in [0.15, 0.2) is 0 Å². The van der Waals surface area contributed by atoms with Crippen LogP contribution in [0.1, 0.15) is 49.9 Å². The van der Waals surface area contributed by atoms with Crippen molar-refractivity contribution in [3.05, 3.63) is 29.3 Å². The third-order valence-electron chi connectivity index (χ3n) is 2.44. The lowest BCUT2D eigenvalue weighted by atomic mass is 10.1. The van der Waals surface area contributed by atoms with Crippen molar-refractivity contribution >= 4 is 0 Å². The highest BCUT2D eigenvalue weighted by Gasteiger charge is 2.25. The van der Waals surface area contributed by atoms with Crippen LogP contribution < -0.4 is 0 Å². The fourth-order valence-electron chi connectivity index (χ4n) is 1.49. The minimum absolute atomic E-state index is 0.167. The Labute approximate surface area is 78.0 Å². The van der Waals surface area contributed by atoms with Crippen LogP contribution in [0.15, 0.2) is 12.1 Å². The summed E-state index contributed by atoms with van der Waals surface area (Å²) in [5.41, 5.74) is 1.69.